The topological polar surface area (TPSA) is 29.4 Å². The summed E-state index contributed by atoms with van der Waals surface area (Å²) < 4.78 is 38.6. The first kappa shape index (κ1) is 12.4. The van der Waals surface area contributed by atoms with Gasteiger partial charge in [-0.3, -0.25) is 0 Å². The fraction of sp³-hybridized carbons (Fsp3) is 0.333. The van der Waals surface area contributed by atoms with Crippen molar-refractivity contribution in [3.05, 3.63) is 38.3 Å². The van der Waals surface area contributed by atoms with Crippen molar-refractivity contribution in [1.29, 1.82) is 0 Å². The molecule has 0 spiro atoms. The second kappa shape index (κ2) is 4.07. The van der Waals surface area contributed by atoms with Crippen LogP contribution in [-0.2, 0) is 5.54 Å². The van der Waals surface area contributed by atoms with Crippen LogP contribution in [0.25, 0.3) is 0 Å². The molecule has 0 aliphatic carbocycles. The Kier molecular flexibility index (Phi) is 3.37. The molecule has 1 rings (SSSR count). The molecule has 0 radical (unpaired) electrons. The van der Waals surface area contributed by atoms with Gasteiger partial charge in [-0.1, -0.05) is 12.1 Å². The maximum absolute atomic E-state index is 12.6. The summed E-state index contributed by atoms with van der Waals surface area (Å²) in [6.07, 6.45) is -4.68. The Labute approximate surface area is 98.0 Å². The molecule has 1 aromatic rings. The number of hydrogen-bond donors (Lipinski definition) is 0. The van der Waals surface area contributed by atoms with Crippen molar-refractivity contribution in [2.45, 2.75) is 18.6 Å². The number of rotatable bonds is 2. The maximum atomic E-state index is 12.6. The summed E-state index contributed by atoms with van der Waals surface area (Å²) in [6, 6.07) is 5.53. The molecule has 0 heterocycles. The Morgan fingerprint density at radius 2 is 1.67 bits per heavy atom. The van der Waals surface area contributed by atoms with Gasteiger partial charge in [0.1, 0.15) is 0 Å². The van der Waals surface area contributed by atoms with E-state index in [9.17, 15) is 18.1 Å². The van der Waals surface area contributed by atoms with Crippen LogP contribution in [0.1, 0.15) is 12.5 Å². The fourth-order valence-electron chi connectivity index (χ4n) is 1.04. The zero-order chi connectivity index (χ0) is 11.7. The third-order valence-electron chi connectivity index (χ3n) is 2.14. The molecule has 0 N–H and O–H groups in total. The Morgan fingerprint density at radius 3 is 2.00 bits per heavy atom. The third-order valence-corrected chi connectivity index (χ3v) is 2.86. The summed E-state index contributed by atoms with van der Waals surface area (Å²) in [4.78, 5) is 10.4. The molecule has 2 nitrogen and oxygen atoms in total. The standard InChI is InChI=1S/C9H7F3INO/c1-8(14-15,9(10,11)12)6-2-4-7(13)5-3-6/h2-5H,1H3. The van der Waals surface area contributed by atoms with Gasteiger partial charge in [-0.25, -0.2) is 0 Å². The highest BCUT2D eigenvalue weighted by molar-refractivity contribution is 14.1. The van der Waals surface area contributed by atoms with Gasteiger partial charge >= 0.3 is 6.18 Å². The Balaban J connectivity index is 3.24. The lowest BCUT2D eigenvalue weighted by Crippen LogP contribution is -2.37. The summed E-state index contributed by atoms with van der Waals surface area (Å²) in [6.45, 7) is 0.766. The van der Waals surface area contributed by atoms with Crippen molar-refractivity contribution in [1.82, 2.24) is 0 Å². The Bertz CT molecular complexity index is 363. The van der Waals surface area contributed by atoms with Gasteiger partial charge in [0.25, 0.3) is 0 Å². The summed E-state index contributed by atoms with van der Waals surface area (Å²) in [5.41, 5.74) is -2.82. The highest BCUT2D eigenvalue weighted by Gasteiger charge is 2.54. The molecule has 6 heteroatoms. The minimum Gasteiger partial charge on any atom is -0.168 e. The minimum atomic E-state index is -4.68. The first-order valence-corrected chi connectivity index (χ1v) is 5.06. The summed E-state index contributed by atoms with van der Waals surface area (Å²) >= 11 is 1.97. The van der Waals surface area contributed by atoms with Crippen molar-refractivity contribution < 1.29 is 13.2 Å². The van der Waals surface area contributed by atoms with E-state index in [-0.39, 0.29) is 5.56 Å². The minimum absolute atomic E-state index is 0.148. The van der Waals surface area contributed by atoms with E-state index < -0.39 is 11.7 Å². The fourth-order valence-corrected chi connectivity index (χ4v) is 1.40. The lowest BCUT2D eigenvalue weighted by atomic mass is 9.93. The van der Waals surface area contributed by atoms with Gasteiger partial charge in [-0.05, 0) is 52.4 Å². The third kappa shape index (κ3) is 2.30. The molecule has 1 unspecified atom stereocenters. The van der Waals surface area contributed by atoms with Crippen molar-refractivity contribution in [3.63, 3.8) is 0 Å². The summed E-state index contributed by atoms with van der Waals surface area (Å²) in [7, 11) is 0. The number of nitrogens with zero attached hydrogens (tertiary/aromatic N) is 1. The van der Waals surface area contributed by atoms with E-state index in [0.29, 0.717) is 0 Å². The van der Waals surface area contributed by atoms with Crippen LogP contribution in [0.15, 0.2) is 29.4 Å². The van der Waals surface area contributed by atoms with E-state index in [4.69, 9.17) is 0 Å². The average Bonchev–Trinajstić information content (AvgIpc) is 2.16. The molecule has 1 atom stereocenters. The monoisotopic (exact) mass is 329 g/mol. The molecule has 0 aromatic heterocycles. The smallest absolute Gasteiger partial charge is 0.168 e. The quantitative estimate of drug-likeness (QED) is 0.599. The van der Waals surface area contributed by atoms with Crippen molar-refractivity contribution in [3.8, 4) is 0 Å². The van der Waals surface area contributed by atoms with Crippen LogP contribution < -0.4 is 0 Å². The molecular weight excluding hydrogens is 322 g/mol. The Morgan fingerprint density at radius 1 is 1.20 bits per heavy atom. The molecule has 0 saturated heterocycles. The van der Waals surface area contributed by atoms with Gasteiger partial charge in [0.2, 0.25) is 5.54 Å². The SMILES string of the molecule is CC(N=O)(c1ccc(I)cc1)C(F)(F)F. The number of nitroso groups, excluding NO2 is 1. The van der Waals surface area contributed by atoms with Gasteiger partial charge in [-0.15, -0.1) is 4.91 Å². The number of benzene rings is 1. The van der Waals surface area contributed by atoms with Crippen LogP contribution in [0.4, 0.5) is 13.2 Å². The number of alkyl halides is 3. The summed E-state index contributed by atoms with van der Waals surface area (Å²) in [5.74, 6) is 0. The predicted octanol–water partition coefficient (Wildman–Crippen LogP) is 3.84. The molecule has 15 heavy (non-hydrogen) atoms. The first-order chi connectivity index (χ1) is 6.81. The molecule has 82 valence electrons. The van der Waals surface area contributed by atoms with Crippen LogP contribution in [0.2, 0.25) is 0 Å². The Hall–Kier alpha value is -0.660. The molecule has 0 amide bonds. The zero-order valence-corrected chi connectivity index (χ0v) is 9.83. The number of hydrogen-bond acceptors (Lipinski definition) is 2. The second-order valence-electron chi connectivity index (χ2n) is 3.17. The van der Waals surface area contributed by atoms with Gasteiger partial charge < -0.3 is 0 Å². The zero-order valence-electron chi connectivity index (χ0n) is 7.68. The molecule has 1 aromatic carbocycles. The molecule has 0 fully saturated rings. The highest BCUT2D eigenvalue weighted by atomic mass is 127. The molecule has 0 aliphatic rings. The van der Waals surface area contributed by atoms with Crippen LogP contribution in [0.5, 0.6) is 0 Å². The second-order valence-corrected chi connectivity index (χ2v) is 4.41. The van der Waals surface area contributed by atoms with Gasteiger partial charge in [0.15, 0.2) is 0 Å². The van der Waals surface area contributed by atoms with Gasteiger partial charge in [0, 0.05) is 3.57 Å². The average molecular weight is 329 g/mol. The van der Waals surface area contributed by atoms with Crippen molar-refractivity contribution >= 4 is 22.6 Å². The predicted molar refractivity (Wildman–Crippen MR) is 58.4 cm³/mol. The highest BCUT2D eigenvalue weighted by Crippen LogP contribution is 2.41. The van der Waals surface area contributed by atoms with Crippen LogP contribution >= 0.6 is 22.6 Å². The van der Waals surface area contributed by atoms with E-state index in [1.807, 2.05) is 22.6 Å². The molecule has 0 saturated carbocycles. The molecule has 0 aliphatic heterocycles. The van der Waals surface area contributed by atoms with Crippen molar-refractivity contribution in [2.75, 3.05) is 0 Å². The summed E-state index contributed by atoms with van der Waals surface area (Å²) in [5, 5.41) is 2.21. The van der Waals surface area contributed by atoms with E-state index >= 15 is 0 Å². The normalized spacial score (nSPS) is 15.8. The first-order valence-electron chi connectivity index (χ1n) is 3.98. The van der Waals surface area contributed by atoms with Crippen LogP contribution in [0, 0.1) is 8.48 Å². The van der Waals surface area contributed by atoms with Crippen molar-refractivity contribution in [2.24, 2.45) is 5.18 Å². The lowest BCUT2D eigenvalue weighted by molar-refractivity contribution is -0.183. The van der Waals surface area contributed by atoms with Crippen LogP contribution in [-0.4, -0.2) is 6.18 Å². The molecule has 0 bridgehead atoms. The van der Waals surface area contributed by atoms with E-state index in [0.717, 1.165) is 10.5 Å². The van der Waals surface area contributed by atoms with E-state index in [1.54, 1.807) is 0 Å². The lowest BCUT2D eigenvalue weighted by Gasteiger charge is -2.24. The van der Waals surface area contributed by atoms with Gasteiger partial charge in [-0.2, -0.15) is 13.2 Å². The van der Waals surface area contributed by atoms with E-state index in [2.05, 4.69) is 5.18 Å². The van der Waals surface area contributed by atoms with Gasteiger partial charge in [0.05, 0.1) is 0 Å². The number of halogens is 4. The maximum Gasteiger partial charge on any atom is 0.421 e. The largest absolute Gasteiger partial charge is 0.421 e. The molecular formula is C9H7F3INO. The van der Waals surface area contributed by atoms with E-state index in [1.165, 1.54) is 24.3 Å². The van der Waals surface area contributed by atoms with Crippen LogP contribution in [0.3, 0.4) is 0 Å².